The van der Waals surface area contributed by atoms with Gasteiger partial charge in [0, 0.05) is 12.8 Å². The molecule has 3 atom stereocenters. The molecule has 2 fully saturated rings. The van der Waals surface area contributed by atoms with E-state index < -0.39 is 29.9 Å². The van der Waals surface area contributed by atoms with E-state index in [0.29, 0.717) is 31.8 Å². The molecule has 0 aromatic carbocycles. The number of carbonyl (C=O) groups is 3. The summed E-state index contributed by atoms with van der Waals surface area (Å²) in [5.41, 5.74) is 0. The quantitative estimate of drug-likeness (QED) is 0.0256. The molecule has 0 aromatic heterocycles. The number of carbonyl (C=O) groups excluding carboxylic acids is 3. The molecule has 2 aliphatic heterocycles. The summed E-state index contributed by atoms with van der Waals surface area (Å²) in [7, 11) is 2.14. The number of unbranched alkanes of at least 4 members (excludes halogenated alkanes) is 26. The molecule has 0 saturated carbocycles. The number of rotatable bonds is 43. The standard InChI is InChI=1S/C56H103NO8/c1-6-9-12-15-18-19-20-21-22-23-24-25-26-27-32-37-46-61-54(59)52-53(65-56(4,64-52)48-49-42-44-57(5)45-43-49)55(60)62-47-38-33-28-31-36-41-51(58)63-50(39-34-29-16-13-10-7-2)40-35-30-17-14-11-8-3/h21-22,49-50,52-53H,6-20,23-48H2,1-5H3. The Bertz CT molecular complexity index is 1170. The predicted octanol–water partition coefficient (Wildman–Crippen LogP) is 15.1. The fraction of sp³-hybridized carbons (Fsp3) is 0.911. The first-order valence-corrected chi connectivity index (χ1v) is 27.9. The maximum absolute atomic E-state index is 13.5. The first-order valence-electron chi connectivity index (χ1n) is 27.9. The second-order valence-electron chi connectivity index (χ2n) is 20.2. The molecule has 0 amide bonds. The third kappa shape index (κ3) is 30.9. The van der Waals surface area contributed by atoms with Crippen LogP contribution in [0.15, 0.2) is 12.2 Å². The number of likely N-dealkylation sites (tertiary alicyclic amines) is 1. The largest absolute Gasteiger partial charge is 0.464 e. The van der Waals surface area contributed by atoms with E-state index in [9.17, 15) is 14.4 Å². The van der Waals surface area contributed by atoms with Crippen molar-refractivity contribution in [2.45, 2.75) is 289 Å². The van der Waals surface area contributed by atoms with Gasteiger partial charge in [-0.05, 0) is 116 Å². The molecule has 2 saturated heterocycles. The molecule has 9 heteroatoms. The van der Waals surface area contributed by atoms with Crippen molar-refractivity contribution >= 4 is 17.9 Å². The van der Waals surface area contributed by atoms with Crippen LogP contribution in [0.4, 0.5) is 0 Å². The average Bonchev–Trinajstić information content (AvgIpc) is 3.65. The van der Waals surface area contributed by atoms with E-state index in [1.165, 1.54) is 128 Å². The Kier molecular flexibility index (Phi) is 36.4. The molecule has 2 aliphatic rings. The highest BCUT2D eigenvalue weighted by atomic mass is 16.8. The zero-order chi connectivity index (χ0) is 47.1. The fourth-order valence-corrected chi connectivity index (χ4v) is 9.49. The van der Waals surface area contributed by atoms with Crippen molar-refractivity contribution < 1.29 is 38.1 Å². The third-order valence-corrected chi connectivity index (χ3v) is 13.7. The molecular formula is C56H103NO8. The topological polar surface area (TPSA) is 101 Å². The number of hydrogen-bond acceptors (Lipinski definition) is 9. The molecule has 0 radical (unpaired) electrons. The van der Waals surface area contributed by atoms with Crippen molar-refractivity contribution in [3.8, 4) is 0 Å². The molecule has 0 bridgehead atoms. The molecule has 9 nitrogen and oxygen atoms in total. The second-order valence-corrected chi connectivity index (χ2v) is 20.2. The Balaban J connectivity index is 1.69. The molecule has 2 heterocycles. The minimum absolute atomic E-state index is 0.0550. The van der Waals surface area contributed by atoms with Crippen LogP contribution in [-0.4, -0.2) is 80.3 Å². The number of hydrogen-bond donors (Lipinski definition) is 0. The normalized spacial score (nSPS) is 19.4. The van der Waals surface area contributed by atoms with Crippen LogP contribution < -0.4 is 0 Å². The average molecular weight is 918 g/mol. The molecule has 0 aliphatic carbocycles. The third-order valence-electron chi connectivity index (χ3n) is 13.7. The predicted molar refractivity (Wildman–Crippen MR) is 268 cm³/mol. The fourth-order valence-electron chi connectivity index (χ4n) is 9.49. The Hall–Kier alpha value is -1.97. The van der Waals surface area contributed by atoms with Crippen molar-refractivity contribution in [1.82, 2.24) is 4.90 Å². The van der Waals surface area contributed by atoms with Crippen molar-refractivity contribution in [3.63, 3.8) is 0 Å². The highest BCUT2D eigenvalue weighted by Gasteiger charge is 2.53. The number of esters is 3. The summed E-state index contributed by atoms with van der Waals surface area (Å²) < 4.78 is 30.0. The van der Waals surface area contributed by atoms with E-state index in [1.54, 1.807) is 0 Å². The van der Waals surface area contributed by atoms with Crippen molar-refractivity contribution in [2.24, 2.45) is 5.92 Å². The maximum Gasteiger partial charge on any atom is 0.338 e. The Morgan fingerprint density at radius 3 is 1.38 bits per heavy atom. The monoisotopic (exact) mass is 918 g/mol. The van der Waals surface area contributed by atoms with Gasteiger partial charge in [-0.15, -0.1) is 0 Å². The molecule has 0 aromatic rings. The summed E-state index contributed by atoms with van der Waals surface area (Å²) in [5.74, 6) is -1.82. The van der Waals surface area contributed by atoms with E-state index in [0.717, 1.165) is 103 Å². The summed E-state index contributed by atoms with van der Waals surface area (Å²) in [6, 6.07) is 0. The molecule has 380 valence electrons. The van der Waals surface area contributed by atoms with Gasteiger partial charge in [0.15, 0.2) is 18.0 Å². The first kappa shape index (κ1) is 59.2. The van der Waals surface area contributed by atoms with E-state index in [4.69, 9.17) is 23.7 Å². The van der Waals surface area contributed by atoms with Crippen LogP contribution in [0.25, 0.3) is 0 Å². The SMILES string of the molecule is CCCCCCCCC=CCCCCCCCCOC(=O)C1OC(C)(CC2CCN(C)CC2)OC1C(=O)OCCCCCCCC(=O)OC(CCCCCCCC)CCCCCCCC. The summed E-state index contributed by atoms with van der Waals surface area (Å²) in [5, 5.41) is 0. The number of allylic oxidation sites excluding steroid dienone is 2. The van der Waals surface area contributed by atoms with Crippen LogP contribution in [0.5, 0.6) is 0 Å². The van der Waals surface area contributed by atoms with E-state index in [-0.39, 0.29) is 18.7 Å². The summed E-state index contributed by atoms with van der Waals surface area (Å²) >= 11 is 0. The number of nitrogens with zero attached hydrogens (tertiary/aromatic N) is 1. The summed E-state index contributed by atoms with van der Waals surface area (Å²) in [4.78, 5) is 42.1. The molecule has 3 unspecified atom stereocenters. The van der Waals surface area contributed by atoms with E-state index in [1.807, 2.05) is 6.92 Å². The highest BCUT2D eigenvalue weighted by Crippen LogP contribution is 2.38. The second kappa shape index (κ2) is 40.0. The van der Waals surface area contributed by atoms with Crippen LogP contribution >= 0.6 is 0 Å². The van der Waals surface area contributed by atoms with Gasteiger partial charge >= 0.3 is 17.9 Å². The Labute approximate surface area is 400 Å². The molecular weight excluding hydrogens is 815 g/mol. The van der Waals surface area contributed by atoms with Gasteiger partial charge in [-0.25, -0.2) is 9.59 Å². The van der Waals surface area contributed by atoms with Gasteiger partial charge in [-0.2, -0.15) is 0 Å². The number of piperidine rings is 1. The first-order chi connectivity index (χ1) is 31.7. The van der Waals surface area contributed by atoms with Crippen LogP contribution in [0.1, 0.15) is 265 Å². The van der Waals surface area contributed by atoms with Crippen LogP contribution in [-0.2, 0) is 38.1 Å². The lowest BCUT2D eigenvalue weighted by Gasteiger charge is -2.33. The summed E-state index contributed by atoms with van der Waals surface area (Å²) in [6.07, 6.45) is 44.0. The minimum atomic E-state index is -1.14. The molecule has 0 N–H and O–H groups in total. The highest BCUT2D eigenvalue weighted by molar-refractivity contribution is 5.86. The zero-order valence-corrected chi connectivity index (χ0v) is 43.2. The maximum atomic E-state index is 13.5. The minimum Gasteiger partial charge on any atom is -0.464 e. The smallest absolute Gasteiger partial charge is 0.338 e. The number of ether oxygens (including phenoxy) is 5. The van der Waals surface area contributed by atoms with Crippen LogP contribution in [0.3, 0.4) is 0 Å². The zero-order valence-electron chi connectivity index (χ0n) is 43.2. The van der Waals surface area contributed by atoms with E-state index >= 15 is 0 Å². The van der Waals surface area contributed by atoms with Gasteiger partial charge < -0.3 is 28.6 Å². The van der Waals surface area contributed by atoms with Gasteiger partial charge in [0.25, 0.3) is 0 Å². The molecule has 0 spiro atoms. The Morgan fingerprint density at radius 1 is 0.554 bits per heavy atom. The lowest BCUT2D eigenvalue weighted by molar-refractivity contribution is -0.190. The van der Waals surface area contributed by atoms with Crippen molar-refractivity contribution in [3.05, 3.63) is 12.2 Å². The lowest BCUT2D eigenvalue weighted by Crippen LogP contribution is -2.39. The molecule has 2 rings (SSSR count). The Morgan fingerprint density at radius 2 is 0.938 bits per heavy atom. The van der Waals surface area contributed by atoms with Crippen molar-refractivity contribution in [2.75, 3.05) is 33.4 Å². The van der Waals surface area contributed by atoms with Gasteiger partial charge in [0.05, 0.1) is 13.2 Å². The molecule has 65 heavy (non-hydrogen) atoms. The van der Waals surface area contributed by atoms with Gasteiger partial charge in [-0.1, -0.05) is 174 Å². The summed E-state index contributed by atoms with van der Waals surface area (Å²) in [6.45, 7) is 11.2. The van der Waals surface area contributed by atoms with Gasteiger partial charge in [0.1, 0.15) is 6.10 Å². The van der Waals surface area contributed by atoms with E-state index in [2.05, 4.69) is 44.9 Å². The van der Waals surface area contributed by atoms with Crippen LogP contribution in [0.2, 0.25) is 0 Å². The van der Waals surface area contributed by atoms with Gasteiger partial charge in [0.2, 0.25) is 0 Å². The van der Waals surface area contributed by atoms with Crippen molar-refractivity contribution in [1.29, 1.82) is 0 Å². The van der Waals surface area contributed by atoms with Gasteiger partial charge in [-0.3, -0.25) is 4.79 Å². The lowest BCUT2D eigenvalue weighted by atomic mass is 9.90. The van der Waals surface area contributed by atoms with Crippen LogP contribution in [0, 0.1) is 5.92 Å².